The van der Waals surface area contributed by atoms with Gasteiger partial charge in [0.25, 0.3) is 0 Å². The third kappa shape index (κ3) is 36.9. The average molecular weight is 847 g/mol. The lowest BCUT2D eigenvalue weighted by molar-refractivity contribution is -0.161. The van der Waals surface area contributed by atoms with E-state index in [0.29, 0.717) is 6.42 Å². The fourth-order valence-corrected chi connectivity index (χ4v) is 6.58. The first-order valence-electron chi connectivity index (χ1n) is 21.9. The smallest absolute Gasteiger partial charge is 0.462 e. The van der Waals surface area contributed by atoms with Crippen molar-refractivity contribution in [2.75, 3.05) is 26.4 Å². The molecule has 0 aromatic heterocycles. The number of hydrogen-bond acceptors (Lipinski definition) is 12. The molecular weight excluding hydrogens is 767 g/mol. The lowest BCUT2D eigenvalue weighted by Crippen LogP contribution is -2.30. The van der Waals surface area contributed by atoms with Gasteiger partial charge in [0.15, 0.2) is 6.10 Å². The molecule has 13 nitrogen and oxygen atoms in total. The second-order valence-electron chi connectivity index (χ2n) is 14.9. The number of hydrogen-bond donors (Lipinski definition) is 6. The van der Waals surface area contributed by atoms with E-state index in [4.69, 9.17) is 19.1 Å². The Morgan fingerprint density at radius 1 is 0.569 bits per heavy atom. The Hall–Kier alpha value is -2.19. The number of rotatable bonds is 40. The maximum Gasteiger partial charge on any atom is 0.472 e. The molecule has 0 bridgehead atoms. The number of unbranched alkanes of at least 4 members (excludes halogenated alkanes) is 16. The highest BCUT2D eigenvalue weighted by Gasteiger charge is 2.27. The number of carbonyl (C=O) groups is 2. The van der Waals surface area contributed by atoms with E-state index in [2.05, 4.69) is 18.4 Å². The van der Waals surface area contributed by atoms with Gasteiger partial charge in [-0.3, -0.25) is 18.6 Å². The standard InChI is InChI=1S/C44H79O13P/c1-3-5-7-8-9-10-11-12-13-14-15-16-17-22-26-32-44(51)57-40(37-56-58(52,53)55-35-39(47)34-45)36-54-43(50)33-27-31-42(49)41(48)30-25-21-19-18-20-24-29-38(46)28-23-6-4-2/h18-21,24-25,29-30,38-42,45-49H,3-17,22-23,26-28,31-37H2,1-2H3,(H,52,53)/b20-18-,21-19+,29-24+,30-25+/t38-,39+,40-,41-,42-/m1/s1. The van der Waals surface area contributed by atoms with Crippen LogP contribution in [0.3, 0.4) is 0 Å². The molecule has 0 fully saturated rings. The number of phosphoric acid groups is 1. The molecule has 0 aromatic carbocycles. The van der Waals surface area contributed by atoms with E-state index in [0.717, 1.165) is 44.9 Å². The molecule has 0 saturated heterocycles. The minimum Gasteiger partial charge on any atom is -0.462 e. The van der Waals surface area contributed by atoms with E-state index in [1.54, 1.807) is 42.5 Å². The average Bonchev–Trinajstić information content (AvgIpc) is 3.20. The molecule has 6 N–H and O–H groups in total. The summed E-state index contributed by atoms with van der Waals surface area (Å²) in [6, 6.07) is 0. The molecule has 0 aliphatic heterocycles. The first kappa shape index (κ1) is 55.8. The van der Waals surface area contributed by atoms with Gasteiger partial charge in [-0.2, -0.15) is 0 Å². The molecule has 0 amide bonds. The monoisotopic (exact) mass is 847 g/mol. The summed E-state index contributed by atoms with van der Waals surface area (Å²) in [5.41, 5.74) is 0. The van der Waals surface area contributed by atoms with Gasteiger partial charge in [-0.05, 0) is 25.7 Å². The van der Waals surface area contributed by atoms with Gasteiger partial charge >= 0.3 is 19.8 Å². The summed E-state index contributed by atoms with van der Waals surface area (Å²) in [6.45, 7) is 1.89. The largest absolute Gasteiger partial charge is 0.472 e. The highest BCUT2D eigenvalue weighted by molar-refractivity contribution is 7.47. The van der Waals surface area contributed by atoms with Crippen LogP contribution >= 0.6 is 7.82 Å². The van der Waals surface area contributed by atoms with Crippen LogP contribution in [0.5, 0.6) is 0 Å². The molecule has 0 radical (unpaired) electrons. The normalized spacial score (nSPS) is 15.9. The van der Waals surface area contributed by atoms with Gasteiger partial charge in [-0.15, -0.1) is 0 Å². The Labute approximate surface area is 349 Å². The molecular formula is C44H79O13P. The molecule has 0 aliphatic carbocycles. The molecule has 0 aromatic rings. The molecule has 338 valence electrons. The first-order valence-corrected chi connectivity index (χ1v) is 23.4. The highest BCUT2D eigenvalue weighted by Crippen LogP contribution is 2.43. The summed E-state index contributed by atoms with van der Waals surface area (Å²) in [4.78, 5) is 35.0. The number of aliphatic hydroxyl groups excluding tert-OH is 5. The number of carbonyl (C=O) groups excluding carboxylic acids is 2. The van der Waals surface area contributed by atoms with Crippen LogP contribution in [-0.2, 0) is 32.7 Å². The molecule has 0 spiro atoms. The maximum atomic E-state index is 12.6. The van der Waals surface area contributed by atoms with Crippen molar-refractivity contribution in [3.63, 3.8) is 0 Å². The Morgan fingerprint density at radius 3 is 1.62 bits per heavy atom. The summed E-state index contributed by atoms with van der Waals surface area (Å²) < 4.78 is 32.5. The van der Waals surface area contributed by atoms with E-state index in [1.807, 2.05) is 0 Å². The van der Waals surface area contributed by atoms with Gasteiger partial charge in [0.1, 0.15) is 12.7 Å². The molecule has 6 atom stereocenters. The molecule has 0 heterocycles. The van der Waals surface area contributed by atoms with Crippen LogP contribution in [0.15, 0.2) is 48.6 Å². The zero-order valence-corrected chi connectivity index (χ0v) is 36.5. The van der Waals surface area contributed by atoms with Crippen LogP contribution in [-0.4, -0.2) is 99.3 Å². The summed E-state index contributed by atoms with van der Waals surface area (Å²) in [5, 5.41) is 48.7. The first-order chi connectivity index (χ1) is 27.9. The van der Waals surface area contributed by atoms with Crippen molar-refractivity contribution in [2.24, 2.45) is 0 Å². The maximum absolute atomic E-state index is 12.6. The lowest BCUT2D eigenvalue weighted by atomic mass is 10.0. The van der Waals surface area contributed by atoms with Gasteiger partial charge in [0.2, 0.25) is 0 Å². The van der Waals surface area contributed by atoms with Gasteiger partial charge in [-0.25, -0.2) is 4.57 Å². The van der Waals surface area contributed by atoms with Gasteiger partial charge in [0, 0.05) is 12.8 Å². The minimum absolute atomic E-state index is 0.0983. The fourth-order valence-electron chi connectivity index (χ4n) is 5.79. The summed E-state index contributed by atoms with van der Waals surface area (Å²) in [6.07, 6.45) is 30.1. The highest BCUT2D eigenvalue weighted by atomic mass is 31.2. The molecule has 1 unspecified atom stereocenters. The Balaban J connectivity index is 4.61. The zero-order valence-electron chi connectivity index (χ0n) is 35.6. The molecule has 14 heteroatoms. The molecule has 58 heavy (non-hydrogen) atoms. The van der Waals surface area contributed by atoms with Crippen LogP contribution in [0.25, 0.3) is 0 Å². The predicted molar refractivity (Wildman–Crippen MR) is 228 cm³/mol. The van der Waals surface area contributed by atoms with Gasteiger partial charge < -0.3 is 39.9 Å². The van der Waals surface area contributed by atoms with E-state index >= 15 is 0 Å². The molecule has 0 aliphatic rings. The fraction of sp³-hybridized carbons (Fsp3) is 0.773. The third-order valence-corrected chi connectivity index (χ3v) is 10.3. The van der Waals surface area contributed by atoms with Crippen LogP contribution < -0.4 is 0 Å². The van der Waals surface area contributed by atoms with Crippen molar-refractivity contribution < 1.29 is 63.1 Å². The van der Waals surface area contributed by atoms with Crippen LogP contribution in [0.2, 0.25) is 0 Å². The van der Waals surface area contributed by atoms with E-state index in [-0.39, 0.29) is 25.7 Å². The molecule has 0 rings (SSSR count). The van der Waals surface area contributed by atoms with Gasteiger partial charge in [-0.1, -0.05) is 172 Å². The second kappa shape index (κ2) is 39.0. The Kier molecular flexibility index (Phi) is 37.5. The van der Waals surface area contributed by atoms with Crippen LogP contribution in [0.1, 0.15) is 162 Å². The summed E-state index contributed by atoms with van der Waals surface area (Å²) >= 11 is 0. The van der Waals surface area contributed by atoms with Crippen LogP contribution in [0.4, 0.5) is 0 Å². The summed E-state index contributed by atoms with van der Waals surface area (Å²) in [7, 11) is -4.70. The quantitative estimate of drug-likeness (QED) is 0.0149. The second-order valence-corrected chi connectivity index (χ2v) is 16.4. The number of aliphatic hydroxyl groups is 5. The van der Waals surface area contributed by atoms with Crippen molar-refractivity contribution in [1.82, 2.24) is 0 Å². The SMILES string of the molecule is CCCCCCCCCCCCCCCCCC(=O)O[C@H](COC(=O)CCC[C@@H](O)[C@H](O)/C=C/C=C/C=C\C=C\[C@H](O)CCCCC)COP(=O)(O)OC[C@@H](O)CO. The Morgan fingerprint density at radius 2 is 1.05 bits per heavy atom. The van der Waals surface area contributed by atoms with Crippen molar-refractivity contribution in [2.45, 2.75) is 192 Å². The number of ether oxygens (including phenoxy) is 2. The number of esters is 2. The minimum atomic E-state index is -4.70. The predicted octanol–water partition coefficient (Wildman–Crippen LogP) is 8.25. The van der Waals surface area contributed by atoms with Crippen molar-refractivity contribution >= 4 is 19.8 Å². The van der Waals surface area contributed by atoms with E-state index in [9.17, 15) is 39.5 Å². The van der Waals surface area contributed by atoms with E-state index in [1.165, 1.54) is 76.7 Å². The molecule has 0 saturated carbocycles. The Bertz CT molecular complexity index is 1160. The van der Waals surface area contributed by atoms with Crippen molar-refractivity contribution in [1.29, 1.82) is 0 Å². The lowest BCUT2D eigenvalue weighted by Gasteiger charge is -2.20. The zero-order chi connectivity index (χ0) is 43.1. The van der Waals surface area contributed by atoms with Gasteiger partial charge in [0.05, 0.1) is 38.1 Å². The van der Waals surface area contributed by atoms with Crippen molar-refractivity contribution in [3.05, 3.63) is 48.6 Å². The topological polar surface area (TPSA) is 210 Å². The third-order valence-electron chi connectivity index (χ3n) is 9.35. The number of phosphoric ester groups is 1. The van der Waals surface area contributed by atoms with Crippen LogP contribution in [0, 0.1) is 0 Å². The van der Waals surface area contributed by atoms with E-state index < -0.39 is 76.7 Å². The number of allylic oxidation sites excluding steroid dienone is 6. The summed E-state index contributed by atoms with van der Waals surface area (Å²) in [5.74, 6) is -1.25. The van der Waals surface area contributed by atoms with Crippen molar-refractivity contribution in [3.8, 4) is 0 Å².